The van der Waals surface area contributed by atoms with Crippen molar-refractivity contribution in [3.05, 3.63) is 11.9 Å². The lowest BCUT2D eigenvalue weighted by atomic mass is 9.70. The summed E-state index contributed by atoms with van der Waals surface area (Å²) in [6.07, 6.45) is 3.63. The van der Waals surface area contributed by atoms with E-state index in [1.54, 1.807) is 12.0 Å². The molecule has 1 N–H and O–H groups in total. The number of alkyl halides is 1. The first-order chi connectivity index (χ1) is 10.5. The minimum atomic E-state index is -1.24. The van der Waals surface area contributed by atoms with Crippen molar-refractivity contribution >= 4 is 0 Å². The summed E-state index contributed by atoms with van der Waals surface area (Å²) in [6, 6.07) is -0.919. The predicted octanol–water partition coefficient (Wildman–Crippen LogP) is 3.18. The molecule has 0 bridgehead atoms. The summed E-state index contributed by atoms with van der Waals surface area (Å²) >= 11 is 0. The van der Waals surface area contributed by atoms with Gasteiger partial charge >= 0.3 is 0 Å². The van der Waals surface area contributed by atoms with Crippen LogP contribution in [-0.4, -0.2) is 47.7 Å². The van der Waals surface area contributed by atoms with Crippen molar-refractivity contribution < 1.29 is 18.6 Å². The molecule has 1 aliphatic heterocycles. The molecule has 0 aromatic rings. The second kappa shape index (κ2) is 6.54. The zero-order chi connectivity index (χ0) is 15.9. The molecule has 5 heteroatoms. The molecule has 2 aliphatic carbocycles. The molecule has 1 saturated carbocycles. The lowest BCUT2D eigenvalue weighted by Gasteiger charge is -2.53. The van der Waals surface area contributed by atoms with Gasteiger partial charge in [-0.1, -0.05) is 13.0 Å². The van der Waals surface area contributed by atoms with Crippen LogP contribution >= 0.6 is 0 Å². The van der Waals surface area contributed by atoms with E-state index in [0.29, 0.717) is 31.1 Å². The van der Waals surface area contributed by atoms with Crippen molar-refractivity contribution in [3.63, 3.8) is 0 Å². The molecule has 0 amide bonds. The highest BCUT2D eigenvalue weighted by atomic mass is 19.1. The lowest BCUT2D eigenvalue weighted by Crippen LogP contribution is -2.62. The third-order valence-corrected chi connectivity index (χ3v) is 5.91. The number of nitrogens with zero attached hydrogens (tertiary/aromatic N) is 1. The summed E-state index contributed by atoms with van der Waals surface area (Å²) in [6.45, 7) is 2.19. The summed E-state index contributed by atoms with van der Waals surface area (Å²) < 4.78 is 34.3. The Hall–Kier alpha value is -0.520. The maximum atomic E-state index is 14.4. The Bertz CT molecular complexity index is 431. The third kappa shape index (κ3) is 2.83. The fraction of sp³-hybridized carbons (Fsp3) is 0.882. The first-order valence-electron chi connectivity index (χ1n) is 8.50. The van der Waals surface area contributed by atoms with Crippen LogP contribution in [0.3, 0.4) is 0 Å². The fourth-order valence-electron chi connectivity index (χ4n) is 4.79. The highest BCUT2D eigenvalue weighted by Crippen LogP contribution is 2.44. The van der Waals surface area contributed by atoms with Gasteiger partial charge in [-0.2, -0.15) is 0 Å². The average molecular weight is 315 g/mol. The SMILES string of the molecule is COC1CC(C)C2CCC(O)N(C3C(F)=CCCC3F)C2C1. The Morgan fingerprint density at radius 1 is 1.27 bits per heavy atom. The van der Waals surface area contributed by atoms with Crippen molar-refractivity contribution in [1.82, 2.24) is 4.90 Å². The Balaban J connectivity index is 1.89. The van der Waals surface area contributed by atoms with Crippen molar-refractivity contribution in [2.75, 3.05) is 7.11 Å². The van der Waals surface area contributed by atoms with Gasteiger partial charge in [0.25, 0.3) is 0 Å². The van der Waals surface area contributed by atoms with E-state index in [4.69, 9.17) is 4.74 Å². The number of allylic oxidation sites excluding steroid dienone is 1. The number of piperidine rings is 1. The average Bonchev–Trinajstić information content (AvgIpc) is 2.48. The molecular formula is C17H27F2NO2. The van der Waals surface area contributed by atoms with Crippen LogP contribution in [0.15, 0.2) is 11.9 Å². The zero-order valence-electron chi connectivity index (χ0n) is 13.4. The summed E-state index contributed by atoms with van der Waals surface area (Å²) in [5.41, 5.74) is 0. The van der Waals surface area contributed by atoms with E-state index >= 15 is 0 Å². The molecule has 7 atom stereocenters. The molecular weight excluding hydrogens is 288 g/mol. The largest absolute Gasteiger partial charge is 0.381 e. The van der Waals surface area contributed by atoms with Gasteiger partial charge in [0.05, 0.1) is 12.1 Å². The Morgan fingerprint density at radius 3 is 2.73 bits per heavy atom. The van der Waals surface area contributed by atoms with E-state index in [-0.39, 0.29) is 12.1 Å². The van der Waals surface area contributed by atoms with Gasteiger partial charge in [0, 0.05) is 13.2 Å². The van der Waals surface area contributed by atoms with Gasteiger partial charge in [0.15, 0.2) is 0 Å². The highest BCUT2D eigenvalue weighted by Gasteiger charge is 2.49. The first-order valence-corrected chi connectivity index (χ1v) is 8.50. The Kier molecular flexibility index (Phi) is 4.86. The third-order valence-electron chi connectivity index (χ3n) is 5.91. The van der Waals surface area contributed by atoms with E-state index in [1.165, 1.54) is 6.08 Å². The molecule has 7 unspecified atom stereocenters. The smallest absolute Gasteiger partial charge is 0.122 e. The quantitative estimate of drug-likeness (QED) is 0.849. The molecule has 0 radical (unpaired) electrons. The normalized spacial score (nSPS) is 47.0. The number of ether oxygens (including phenoxy) is 1. The van der Waals surface area contributed by atoms with Crippen LogP contribution in [0.5, 0.6) is 0 Å². The van der Waals surface area contributed by atoms with Gasteiger partial charge in [-0.3, -0.25) is 4.90 Å². The topological polar surface area (TPSA) is 32.7 Å². The molecule has 0 aromatic heterocycles. The van der Waals surface area contributed by atoms with E-state index < -0.39 is 24.3 Å². The maximum Gasteiger partial charge on any atom is 0.122 e. The molecule has 0 aromatic carbocycles. The maximum absolute atomic E-state index is 14.4. The number of likely N-dealkylation sites (tertiary alicyclic amines) is 1. The highest BCUT2D eigenvalue weighted by molar-refractivity contribution is 5.13. The van der Waals surface area contributed by atoms with Crippen molar-refractivity contribution in [3.8, 4) is 0 Å². The Morgan fingerprint density at radius 2 is 2.05 bits per heavy atom. The van der Waals surface area contributed by atoms with Crippen LogP contribution in [0.2, 0.25) is 0 Å². The van der Waals surface area contributed by atoms with Crippen molar-refractivity contribution in [2.24, 2.45) is 11.8 Å². The number of aliphatic hydroxyl groups excluding tert-OH is 1. The van der Waals surface area contributed by atoms with Crippen LogP contribution in [0.1, 0.15) is 45.4 Å². The van der Waals surface area contributed by atoms with E-state index in [9.17, 15) is 13.9 Å². The number of fused-ring (bicyclic) bond motifs is 1. The number of halogens is 2. The number of rotatable bonds is 2. The standard InChI is InChI=1S/C17H27F2NO2/c1-10-8-11(22-2)9-15-12(10)6-7-16(21)20(15)17-13(18)4-3-5-14(17)19/h4,10-12,14-17,21H,3,5-9H2,1-2H3. The van der Waals surface area contributed by atoms with E-state index in [0.717, 1.165) is 19.3 Å². The number of hydrogen-bond acceptors (Lipinski definition) is 3. The fourth-order valence-corrected chi connectivity index (χ4v) is 4.79. The molecule has 2 fully saturated rings. The molecule has 126 valence electrons. The second-order valence-corrected chi connectivity index (χ2v) is 7.17. The Labute approximate surface area is 131 Å². The van der Waals surface area contributed by atoms with Crippen LogP contribution in [-0.2, 0) is 4.74 Å². The van der Waals surface area contributed by atoms with Gasteiger partial charge in [-0.25, -0.2) is 8.78 Å². The molecule has 3 rings (SSSR count). The van der Waals surface area contributed by atoms with Crippen molar-refractivity contribution in [2.45, 2.75) is 76.0 Å². The summed E-state index contributed by atoms with van der Waals surface area (Å²) in [5.74, 6) is 0.426. The molecule has 1 heterocycles. The zero-order valence-corrected chi connectivity index (χ0v) is 13.4. The van der Waals surface area contributed by atoms with Crippen LogP contribution in [0, 0.1) is 11.8 Å². The number of methoxy groups -OCH3 is 1. The van der Waals surface area contributed by atoms with Crippen LogP contribution in [0.25, 0.3) is 0 Å². The molecule has 22 heavy (non-hydrogen) atoms. The monoisotopic (exact) mass is 315 g/mol. The van der Waals surface area contributed by atoms with Crippen molar-refractivity contribution in [1.29, 1.82) is 0 Å². The van der Waals surface area contributed by atoms with Gasteiger partial charge in [0.2, 0.25) is 0 Å². The van der Waals surface area contributed by atoms with Gasteiger partial charge in [-0.15, -0.1) is 0 Å². The lowest BCUT2D eigenvalue weighted by molar-refractivity contribution is -0.148. The minimum absolute atomic E-state index is 0.00190. The molecule has 3 aliphatic rings. The predicted molar refractivity (Wildman–Crippen MR) is 80.7 cm³/mol. The summed E-state index contributed by atoms with van der Waals surface area (Å²) in [5, 5.41) is 10.5. The van der Waals surface area contributed by atoms with Crippen LogP contribution in [0.4, 0.5) is 8.78 Å². The molecule has 1 saturated heterocycles. The summed E-state index contributed by atoms with van der Waals surface area (Å²) in [4.78, 5) is 1.73. The number of aliphatic hydroxyl groups is 1. The first kappa shape index (κ1) is 16.3. The molecule has 0 spiro atoms. The molecule has 3 nitrogen and oxygen atoms in total. The van der Waals surface area contributed by atoms with Gasteiger partial charge in [0.1, 0.15) is 18.2 Å². The summed E-state index contributed by atoms with van der Waals surface area (Å²) in [7, 11) is 1.69. The van der Waals surface area contributed by atoms with Gasteiger partial charge in [-0.05, 0) is 50.4 Å². The number of hydrogen-bond donors (Lipinski definition) is 1. The van der Waals surface area contributed by atoms with Crippen LogP contribution < -0.4 is 0 Å². The van der Waals surface area contributed by atoms with Gasteiger partial charge < -0.3 is 9.84 Å². The second-order valence-electron chi connectivity index (χ2n) is 7.17. The minimum Gasteiger partial charge on any atom is -0.381 e. The van der Waals surface area contributed by atoms with E-state index in [2.05, 4.69) is 6.92 Å². The van der Waals surface area contributed by atoms with E-state index in [1.807, 2.05) is 0 Å².